The zero-order valence-corrected chi connectivity index (χ0v) is 26.8. The number of hydrogen-bond acceptors (Lipinski definition) is 8. The van der Waals surface area contributed by atoms with Crippen molar-refractivity contribution in [2.45, 2.75) is 82.5 Å². The summed E-state index contributed by atoms with van der Waals surface area (Å²) in [6, 6.07) is 13.9. The van der Waals surface area contributed by atoms with Crippen LogP contribution in [0.15, 0.2) is 48.7 Å². The van der Waals surface area contributed by atoms with Crippen LogP contribution in [0.2, 0.25) is 0 Å². The molecule has 0 saturated carbocycles. The van der Waals surface area contributed by atoms with E-state index < -0.39 is 11.4 Å². The van der Waals surface area contributed by atoms with Gasteiger partial charge in [-0.05, 0) is 83.2 Å². The first-order valence-electron chi connectivity index (χ1n) is 16.7. The maximum Gasteiger partial charge on any atom is 0.410 e. The van der Waals surface area contributed by atoms with Crippen LogP contribution in [0.3, 0.4) is 0 Å². The number of aromatic nitrogens is 3. The molecule has 4 saturated heterocycles. The van der Waals surface area contributed by atoms with Crippen LogP contribution in [-0.2, 0) is 4.74 Å². The van der Waals surface area contributed by atoms with Gasteiger partial charge in [0.15, 0.2) is 5.82 Å². The van der Waals surface area contributed by atoms with Gasteiger partial charge in [0, 0.05) is 24.8 Å². The molecular weight excluding hydrogens is 583 g/mol. The number of halogens is 1. The van der Waals surface area contributed by atoms with Crippen LogP contribution in [0, 0.1) is 5.82 Å². The van der Waals surface area contributed by atoms with Gasteiger partial charge in [-0.3, -0.25) is 14.8 Å². The summed E-state index contributed by atoms with van der Waals surface area (Å²) in [7, 11) is 0. The summed E-state index contributed by atoms with van der Waals surface area (Å²) in [6.45, 7) is 9.46. The van der Waals surface area contributed by atoms with Crippen LogP contribution in [0.5, 0.6) is 6.01 Å². The van der Waals surface area contributed by atoms with Crippen LogP contribution in [0.1, 0.15) is 59.3 Å². The first-order valence-corrected chi connectivity index (χ1v) is 16.7. The van der Waals surface area contributed by atoms with E-state index >= 15 is 4.39 Å². The number of carbonyl (C=O) groups excluding carboxylic acids is 1. The number of rotatable bonds is 5. The molecule has 4 aromatic rings. The van der Waals surface area contributed by atoms with Gasteiger partial charge < -0.3 is 14.4 Å². The molecule has 2 bridgehead atoms. The number of hydrogen-bond donors (Lipinski definition) is 0. The summed E-state index contributed by atoms with van der Waals surface area (Å²) in [5, 5.41) is 2.49. The molecule has 4 aliphatic rings. The number of anilines is 1. The molecule has 10 heteroatoms. The van der Waals surface area contributed by atoms with Gasteiger partial charge >= 0.3 is 12.1 Å². The lowest BCUT2D eigenvalue weighted by molar-refractivity contribution is 0.0122. The molecule has 0 aliphatic carbocycles. The topological polar surface area (TPSA) is 83.9 Å². The van der Waals surface area contributed by atoms with E-state index in [1.807, 2.05) is 68.1 Å². The highest BCUT2D eigenvalue weighted by Gasteiger charge is 2.46. The normalized spacial score (nSPS) is 22.5. The quantitative estimate of drug-likeness (QED) is 0.246. The Morgan fingerprint density at radius 3 is 2.43 bits per heavy atom. The molecule has 2 aromatic heterocycles. The summed E-state index contributed by atoms with van der Waals surface area (Å²) in [5.74, 6) is 0.114. The second-order valence-corrected chi connectivity index (χ2v) is 14.4. The van der Waals surface area contributed by atoms with Crippen LogP contribution < -0.4 is 9.64 Å². The van der Waals surface area contributed by atoms with Gasteiger partial charge in [-0.15, -0.1) is 0 Å². The Balaban J connectivity index is 1.19. The van der Waals surface area contributed by atoms with Gasteiger partial charge in [-0.25, -0.2) is 9.18 Å². The lowest BCUT2D eigenvalue weighted by atomic mass is 9.95. The summed E-state index contributed by atoms with van der Waals surface area (Å²) < 4.78 is 28.9. The van der Waals surface area contributed by atoms with Crippen LogP contribution >= 0.6 is 0 Å². The summed E-state index contributed by atoms with van der Waals surface area (Å²) in [5.41, 5.74) is 0.608. The molecule has 9 nitrogen and oxygen atoms in total. The van der Waals surface area contributed by atoms with Crippen molar-refractivity contribution in [1.82, 2.24) is 24.8 Å². The highest BCUT2D eigenvalue weighted by atomic mass is 19.1. The molecule has 0 radical (unpaired) electrons. The zero-order chi connectivity index (χ0) is 31.6. The fourth-order valence-electron chi connectivity index (χ4n) is 8.30. The Bertz CT molecular complexity index is 1800. The molecule has 4 aliphatic heterocycles. The standard InChI is InChI=1S/C36H41FN6O3/c1-35(2,3)46-34(44)43-24-13-14-25(43)21-41(20-24)32-28-19-38-30(27-12-6-10-23-9-4-5-11-26(23)27)29(37)31(28)39-33(40-32)45-22-36-15-7-17-42(36)18-8-16-36/h4-6,9-12,19,24-25H,7-8,13-18,20-22H2,1-3H3. The molecule has 4 fully saturated rings. The Kier molecular flexibility index (Phi) is 7.04. The van der Waals surface area contributed by atoms with Crippen molar-refractivity contribution in [3.8, 4) is 17.3 Å². The number of benzene rings is 2. The van der Waals surface area contributed by atoms with E-state index in [-0.39, 0.29) is 40.9 Å². The molecule has 46 heavy (non-hydrogen) atoms. The Labute approximate surface area is 268 Å². The monoisotopic (exact) mass is 624 g/mol. The highest BCUT2D eigenvalue weighted by molar-refractivity contribution is 5.99. The van der Waals surface area contributed by atoms with E-state index in [1.54, 1.807) is 6.20 Å². The first kappa shape index (κ1) is 29.4. The molecule has 2 aromatic carbocycles. The van der Waals surface area contributed by atoms with Crippen LogP contribution in [-0.4, -0.2) is 86.9 Å². The summed E-state index contributed by atoms with van der Waals surface area (Å²) >= 11 is 0. The number of carbonyl (C=O) groups is 1. The number of nitrogens with zero attached hydrogens (tertiary/aromatic N) is 6. The number of piperazine rings is 1. The van der Waals surface area contributed by atoms with Gasteiger partial charge in [-0.1, -0.05) is 42.5 Å². The predicted octanol–water partition coefficient (Wildman–Crippen LogP) is 6.58. The van der Waals surface area contributed by atoms with Gasteiger partial charge in [0.2, 0.25) is 0 Å². The third kappa shape index (κ3) is 5.01. The molecule has 2 unspecified atom stereocenters. The van der Waals surface area contributed by atoms with Gasteiger partial charge in [0.25, 0.3) is 0 Å². The van der Waals surface area contributed by atoms with E-state index in [0.717, 1.165) is 68.0 Å². The average molecular weight is 625 g/mol. The van der Waals surface area contributed by atoms with Crippen molar-refractivity contribution >= 4 is 33.6 Å². The Morgan fingerprint density at radius 1 is 0.978 bits per heavy atom. The minimum Gasteiger partial charge on any atom is -0.461 e. The molecule has 8 rings (SSSR count). The SMILES string of the molecule is CC(C)(C)OC(=O)N1C2CCC1CN(c1nc(OCC34CCCN3CCC4)nc3c(F)c(-c4cccc5ccccc45)ncc13)C2. The van der Waals surface area contributed by atoms with Crippen molar-refractivity contribution in [1.29, 1.82) is 0 Å². The minimum absolute atomic E-state index is 0.00152. The molecule has 0 N–H and O–H groups in total. The molecule has 1 amide bonds. The van der Waals surface area contributed by atoms with Crippen molar-refractivity contribution in [2.24, 2.45) is 0 Å². The molecular formula is C36H41FN6O3. The fraction of sp³-hybridized carbons (Fsp3) is 0.500. The zero-order valence-electron chi connectivity index (χ0n) is 26.8. The van der Waals surface area contributed by atoms with E-state index in [4.69, 9.17) is 19.4 Å². The molecule has 240 valence electrons. The first-order chi connectivity index (χ1) is 22.2. The fourth-order valence-corrected chi connectivity index (χ4v) is 8.30. The number of pyridine rings is 1. The van der Waals surface area contributed by atoms with E-state index in [0.29, 0.717) is 30.9 Å². The van der Waals surface area contributed by atoms with Crippen LogP contribution in [0.25, 0.3) is 32.9 Å². The second-order valence-electron chi connectivity index (χ2n) is 14.4. The predicted molar refractivity (Wildman–Crippen MR) is 176 cm³/mol. The lowest BCUT2D eigenvalue weighted by Gasteiger charge is -2.42. The smallest absolute Gasteiger partial charge is 0.410 e. The maximum atomic E-state index is 16.8. The van der Waals surface area contributed by atoms with Crippen molar-refractivity contribution in [2.75, 3.05) is 37.7 Å². The van der Waals surface area contributed by atoms with E-state index in [1.165, 1.54) is 0 Å². The van der Waals surface area contributed by atoms with Gasteiger partial charge in [0.05, 0.1) is 23.0 Å². The number of amides is 1. The van der Waals surface area contributed by atoms with Crippen molar-refractivity contribution < 1.29 is 18.7 Å². The minimum atomic E-state index is -0.568. The second kappa shape index (κ2) is 11.0. The largest absolute Gasteiger partial charge is 0.461 e. The third-order valence-corrected chi connectivity index (χ3v) is 10.4. The highest BCUT2D eigenvalue weighted by Crippen LogP contribution is 2.41. The lowest BCUT2D eigenvalue weighted by Crippen LogP contribution is -2.57. The molecule has 0 spiro atoms. The van der Waals surface area contributed by atoms with E-state index in [2.05, 4.69) is 14.8 Å². The number of fused-ring (bicyclic) bond motifs is 5. The van der Waals surface area contributed by atoms with Gasteiger partial charge in [0.1, 0.15) is 29.2 Å². The van der Waals surface area contributed by atoms with Crippen molar-refractivity contribution in [3.05, 3.63) is 54.5 Å². The number of ether oxygens (including phenoxy) is 2. The maximum absolute atomic E-state index is 16.8. The average Bonchev–Trinajstić information content (AvgIpc) is 3.70. The van der Waals surface area contributed by atoms with E-state index in [9.17, 15) is 4.79 Å². The summed E-state index contributed by atoms with van der Waals surface area (Å²) in [4.78, 5) is 34.1. The van der Waals surface area contributed by atoms with Crippen LogP contribution in [0.4, 0.5) is 15.0 Å². The van der Waals surface area contributed by atoms with Crippen molar-refractivity contribution in [3.63, 3.8) is 0 Å². The Morgan fingerprint density at radius 2 is 1.70 bits per heavy atom. The molecule has 6 heterocycles. The summed E-state index contributed by atoms with van der Waals surface area (Å²) in [6.07, 6.45) is 7.68. The Hall–Kier alpha value is -4.05. The third-order valence-electron chi connectivity index (χ3n) is 10.4. The van der Waals surface area contributed by atoms with Gasteiger partial charge in [-0.2, -0.15) is 9.97 Å². The molecule has 2 atom stereocenters.